The molecule has 0 saturated heterocycles. The van der Waals surface area contributed by atoms with Crippen LogP contribution in [0.4, 0.5) is 0 Å². The lowest BCUT2D eigenvalue weighted by Crippen LogP contribution is -1.87. The molecule has 238 valence electrons. The van der Waals surface area contributed by atoms with Crippen LogP contribution < -0.4 is 0 Å². The van der Waals surface area contributed by atoms with Gasteiger partial charge in [0.05, 0.1) is 5.52 Å². The second kappa shape index (κ2) is 13.7. The SMILES string of the molecule is CCCCCCCCc1ccc(C#Cc2ccc3c(c2)sc2c3ccc3c2ccc2c4ccc(C#Cc5ccc(C)cc5)cc4[nH]c23)cc1. The van der Waals surface area contributed by atoms with Crippen molar-refractivity contribution < 1.29 is 0 Å². The molecule has 0 atom stereocenters. The second-order valence-corrected chi connectivity index (χ2v) is 14.4. The molecular formula is C47H39NS. The summed E-state index contributed by atoms with van der Waals surface area (Å²) in [4.78, 5) is 3.75. The first-order valence-electron chi connectivity index (χ1n) is 17.7. The van der Waals surface area contributed by atoms with Crippen molar-refractivity contribution in [2.24, 2.45) is 0 Å². The van der Waals surface area contributed by atoms with Crippen LogP contribution in [-0.4, -0.2) is 4.98 Å². The van der Waals surface area contributed by atoms with Gasteiger partial charge in [0.15, 0.2) is 0 Å². The number of hydrogen-bond donors (Lipinski definition) is 1. The van der Waals surface area contributed by atoms with Crippen LogP contribution >= 0.6 is 11.3 Å². The van der Waals surface area contributed by atoms with Gasteiger partial charge in [0.2, 0.25) is 0 Å². The molecule has 1 nitrogen and oxygen atoms in total. The monoisotopic (exact) mass is 649 g/mol. The topological polar surface area (TPSA) is 15.8 Å². The molecule has 8 rings (SSSR count). The highest BCUT2D eigenvalue weighted by Gasteiger charge is 2.13. The number of unbranched alkanes of at least 4 members (excludes halogenated alkanes) is 5. The first-order valence-corrected chi connectivity index (χ1v) is 18.5. The van der Waals surface area contributed by atoms with Crippen LogP contribution in [0.5, 0.6) is 0 Å². The maximum absolute atomic E-state index is 3.75. The lowest BCUT2D eigenvalue weighted by atomic mass is 10.0. The Bertz CT molecular complexity index is 2590. The van der Waals surface area contributed by atoms with Crippen molar-refractivity contribution in [3.63, 3.8) is 0 Å². The lowest BCUT2D eigenvalue weighted by molar-refractivity contribution is 0.607. The van der Waals surface area contributed by atoms with Crippen molar-refractivity contribution in [3.05, 3.63) is 143 Å². The molecule has 0 radical (unpaired) electrons. The molecule has 0 unspecified atom stereocenters. The van der Waals surface area contributed by atoms with E-state index in [-0.39, 0.29) is 0 Å². The smallest absolute Gasteiger partial charge is 0.0545 e. The zero-order valence-corrected chi connectivity index (χ0v) is 29.1. The number of aromatic nitrogens is 1. The average molecular weight is 650 g/mol. The zero-order chi connectivity index (χ0) is 33.2. The van der Waals surface area contributed by atoms with Crippen molar-refractivity contribution in [2.45, 2.75) is 58.8 Å². The van der Waals surface area contributed by atoms with E-state index in [9.17, 15) is 0 Å². The van der Waals surface area contributed by atoms with Gasteiger partial charge in [-0.15, -0.1) is 11.3 Å². The molecular weight excluding hydrogens is 611 g/mol. The van der Waals surface area contributed by atoms with Gasteiger partial charge in [0.1, 0.15) is 0 Å². The van der Waals surface area contributed by atoms with E-state index in [4.69, 9.17) is 0 Å². The van der Waals surface area contributed by atoms with E-state index >= 15 is 0 Å². The van der Waals surface area contributed by atoms with Crippen molar-refractivity contribution in [3.8, 4) is 23.7 Å². The van der Waals surface area contributed by atoms with E-state index in [0.29, 0.717) is 0 Å². The normalized spacial score (nSPS) is 11.3. The fraction of sp³-hybridized carbons (Fsp3) is 0.191. The highest BCUT2D eigenvalue weighted by atomic mass is 32.1. The molecule has 0 aliphatic carbocycles. The van der Waals surface area contributed by atoms with Gasteiger partial charge in [-0.2, -0.15) is 0 Å². The summed E-state index contributed by atoms with van der Waals surface area (Å²) in [6.45, 7) is 4.37. The van der Waals surface area contributed by atoms with Crippen molar-refractivity contribution in [2.75, 3.05) is 0 Å². The third-order valence-electron chi connectivity index (χ3n) is 9.73. The van der Waals surface area contributed by atoms with Gasteiger partial charge in [-0.3, -0.25) is 0 Å². The summed E-state index contributed by atoms with van der Waals surface area (Å²) in [5.41, 5.74) is 9.12. The van der Waals surface area contributed by atoms with Gasteiger partial charge < -0.3 is 4.98 Å². The summed E-state index contributed by atoms with van der Waals surface area (Å²) in [5, 5.41) is 7.60. The number of benzene rings is 6. The van der Waals surface area contributed by atoms with Gasteiger partial charge in [-0.05, 0) is 73.9 Å². The van der Waals surface area contributed by atoms with Crippen LogP contribution in [0.15, 0.2) is 109 Å². The Morgan fingerprint density at radius 2 is 1.04 bits per heavy atom. The largest absolute Gasteiger partial charge is 0.354 e. The molecule has 1 N–H and O–H groups in total. The van der Waals surface area contributed by atoms with Crippen LogP contribution in [0.25, 0.3) is 52.8 Å². The van der Waals surface area contributed by atoms with Gasteiger partial charge in [0.25, 0.3) is 0 Å². The van der Waals surface area contributed by atoms with Gasteiger partial charge in [0, 0.05) is 69.5 Å². The minimum atomic E-state index is 1.01. The fourth-order valence-corrected chi connectivity index (χ4v) is 8.23. The Morgan fingerprint density at radius 3 is 1.78 bits per heavy atom. The summed E-state index contributed by atoms with van der Waals surface area (Å²) in [5.74, 6) is 13.5. The van der Waals surface area contributed by atoms with Crippen molar-refractivity contribution in [1.29, 1.82) is 0 Å². The Balaban J connectivity index is 1.05. The molecule has 0 bridgehead atoms. The number of hydrogen-bond acceptors (Lipinski definition) is 1. The minimum Gasteiger partial charge on any atom is -0.354 e. The van der Waals surface area contributed by atoms with Gasteiger partial charge in [-0.1, -0.05) is 129 Å². The molecule has 2 heterocycles. The number of H-pyrrole nitrogens is 1. The maximum Gasteiger partial charge on any atom is 0.0545 e. The van der Waals surface area contributed by atoms with Crippen LogP contribution in [0, 0.1) is 30.6 Å². The van der Waals surface area contributed by atoms with E-state index in [1.807, 2.05) is 11.3 Å². The molecule has 49 heavy (non-hydrogen) atoms. The first kappa shape index (κ1) is 31.0. The van der Waals surface area contributed by atoms with Crippen LogP contribution in [0.2, 0.25) is 0 Å². The Hall–Kier alpha value is -5.28. The van der Waals surface area contributed by atoms with Crippen molar-refractivity contribution in [1.82, 2.24) is 4.98 Å². The minimum absolute atomic E-state index is 1.01. The number of rotatable bonds is 7. The third kappa shape index (κ3) is 6.46. The molecule has 2 aromatic heterocycles. The van der Waals surface area contributed by atoms with E-state index < -0.39 is 0 Å². The molecule has 0 aliphatic rings. The Labute approximate surface area is 293 Å². The van der Waals surface area contributed by atoms with E-state index in [0.717, 1.165) is 34.2 Å². The summed E-state index contributed by atoms with van der Waals surface area (Å²) in [7, 11) is 0. The molecule has 8 aromatic rings. The summed E-state index contributed by atoms with van der Waals surface area (Å²) >= 11 is 1.87. The molecule has 6 aromatic carbocycles. The average Bonchev–Trinajstić information content (AvgIpc) is 3.70. The molecule has 0 aliphatic heterocycles. The summed E-state index contributed by atoms with van der Waals surface area (Å²) in [6, 6.07) is 39.5. The van der Waals surface area contributed by atoms with E-state index in [1.165, 1.54) is 96.9 Å². The van der Waals surface area contributed by atoms with Crippen LogP contribution in [0.1, 0.15) is 78.8 Å². The lowest BCUT2D eigenvalue weighted by Gasteiger charge is -2.02. The number of nitrogens with one attached hydrogen (secondary N) is 1. The molecule has 0 spiro atoms. The third-order valence-corrected chi connectivity index (χ3v) is 10.9. The number of thiophene rings is 1. The number of aryl methyl sites for hydroxylation is 2. The summed E-state index contributed by atoms with van der Waals surface area (Å²) < 4.78 is 2.60. The van der Waals surface area contributed by atoms with Crippen LogP contribution in [0.3, 0.4) is 0 Å². The molecule has 0 amide bonds. The molecule has 0 saturated carbocycles. The van der Waals surface area contributed by atoms with E-state index in [1.54, 1.807) is 0 Å². The zero-order valence-electron chi connectivity index (χ0n) is 28.3. The van der Waals surface area contributed by atoms with E-state index in [2.05, 4.69) is 152 Å². The molecule has 2 heteroatoms. The predicted molar refractivity (Wildman–Crippen MR) is 213 cm³/mol. The maximum atomic E-state index is 3.75. The summed E-state index contributed by atoms with van der Waals surface area (Å²) in [6.07, 6.45) is 9.17. The van der Waals surface area contributed by atoms with Crippen molar-refractivity contribution >= 4 is 64.1 Å². The quantitative estimate of drug-likeness (QED) is 0.131. The predicted octanol–water partition coefficient (Wildman–Crippen LogP) is 12.9. The Kier molecular flexibility index (Phi) is 8.66. The number of fused-ring (bicyclic) bond motifs is 9. The highest BCUT2D eigenvalue weighted by Crippen LogP contribution is 2.41. The Morgan fingerprint density at radius 1 is 0.510 bits per heavy atom. The van der Waals surface area contributed by atoms with Gasteiger partial charge >= 0.3 is 0 Å². The first-order chi connectivity index (χ1) is 24.1. The highest BCUT2D eigenvalue weighted by molar-refractivity contribution is 7.26. The van der Waals surface area contributed by atoms with Crippen LogP contribution in [-0.2, 0) is 6.42 Å². The fourth-order valence-electron chi connectivity index (χ4n) is 6.96. The standard InChI is InChI=1S/C47H39NS/c1-3-4-5-6-7-8-9-33-14-16-35(17-15-33)19-21-37-23-25-39-42-28-27-41-43(47(42)49-45(39)31-37)29-26-40-38-24-22-36(30-44(38)48-46(40)41)20-18-34-12-10-32(2)11-13-34/h10-17,22-31,48H,3-9H2,1-2H3. The van der Waals surface area contributed by atoms with Gasteiger partial charge in [-0.25, -0.2) is 0 Å². The number of aromatic amines is 1. The second-order valence-electron chi connectivity index (χ2n) is 13.3. The molecule has 0 fully saturated rings.